The number of benzene rings is 2. The van der Waals surface area contributed by atoms with Crippen molar-refractivity contribution in [3.63, 3.8) is 0 Å². The molecule has 0 bridgehead atoms. The molecule has 2 aromatic rings. The van der Waals surface area contributed by atoms with Gasteiger partial charge in [0.25, 0.3) is 0 Å². The minimum Gasteiger partial charge on any atom is -0.392 e. The average molecular weight is 344 g/mol. The summed E-state index contributed by atoms with van der Waals surface area (Å²) in [5, 5.41) is 19.0. The van der Waals surface area contributed by atoms with Crippen molar-refractivity contribution in [2.75, 3.05) is 0 Å². The van der Waals surface area contributed by atoms with Crippen molar-refractivity contribution in [2.45, 2.75) is 53.8 Å². The molecule has 0 spiro atoms. The molecular formula is C22H29FO2. The maximum Gasteiger partial charge on any atom is 0.129 e. The predicted octanol–water partition coefficient (Wildman–Crippen LogP) is 4.87. The molecule has 0 atom stereocenters. The summed E-state index contributed by atoms with van der Waals surface area (Å²) in [6.45, 7) is 8.24. The Balaban J connectivity index is 2.55. The topological polar surface area (TPSA) is 40.5 Å². The molecular weight excluding hydrogens is 315 g/mol. The predicted molar refractivity (Wildman–Crippen MR) is 101 cm³/mol. The highest BCUT2D eigenvalue weighted by Crippen LogP contribution is 2.30. The van der Waals surface area contributed by atoms with Gasteiger partial charge in [0.05, 0.1) is 13.2 Å². The normalized spacial score (nSPS) is 11.6. The lowest BCUT2D eigenvalue weighted by molar-refractivity contribution is 0.272. The number of hydrogen-bond acceptors (Lipinski definition) is 2. The van der Waals surface area contributed by atoms with Crippen LogP contribution in [0.3, 0.4) is 0 Å². The van der Waals surface area contributed by atoms with E-state index in [1.807, 2.05) is 6.07 Å². The van der Waals surface area contributed by atoms with Crippen LogP contribution in [0.1, 0.15) is 49.9 Å². The molecule has 0 amide bonds. The number of halogens is 1. The Morgan fingerprint density at radius 1 is 0.760 bits per heavy atom. The number of hydrogen-bond donors (Lipinski definition) is 2. The molecule has 0 aliphatic rings. The van der Waals surface area contributed by atoms with E-state index in [-0.39, 0.29) is 18.8 Å². The van der Waals surface area contributed by atoms with Crippen molar-refractivity contribution < 1.29 is 14.6 Å². The SMILES string of the molecule is CC(C)Cc1ccc(-c2cc(CO)c(F)cc2CO)cc1CC(C)C. The summed E-state index contributed by atoms with van der Waals surface area (Å²) in [6.07, 6.45) is 2.01. The van der Waals surface area contributed by atoms with E-state index < -0.39 is 5.82 Å². The van der Waals surface area contributed by atoms with E-state index in [1.165, 1.54) is 17.2 Å². The van der Waals surface area contributed by atoms with Crippen molar-refractivity contribution in [3.8, 4) is 11.1 Å². The fourth-order valence-corrected chi connectivity index (χ4v) is 3.24. The highest BCUT2D eigenvalue weighted by atomic mass is 19.1. The van der Waals surface area contributed by atoms with Crippen LogP contribution in [-0.2, 0) is 26.1 Å². The van der Waals surface area contributed by atoms with E-state index in [9.17, 15) is 14.6 Å². The zero-order chi connectivity index (χ0) is 18.6. The lowest BCUT2D eigenvalue weighted by Crippen LogP contribution is -2.04. The first-order valence-corrected chi connectivity index (χ1v) is 9.00. The quantitative estimate of drug-likeness (QED) is 0.752. The molecule has 2 nitrogen and oxygen atoms in total. The van der Waals surface area contributed by atoms with Crippen LogP contribution in [0, 0.1) is 17.7 Å². The van der Waals surface area contributed by atoms with Gasteiger partial charge >= 0.3 is 0 Å². The summed E-state index contributed by atoms with van der Waals surface area (Å²) in [5.41, 5.74) is 5.20. The van der Waals surface area contributed by atoms with Gasteiger partial charge in [0.2, 0.25) is 0 Å². The van der Waals surface area contributed by atoms with E-state index >= 15 is 0 Å². The highest BCUT2D eigenvalue weighted by Gasteiger charge is 2.14. The first kappa shape index (κ1) is 19.6. The van der Waals surface area contributed by atoms with Crippen molar-refractivity contribution in [1.82, 2.24) is 0 Å². The highest BCUT2D eigenvalue weighted by molar-refractivity contribution is 5.69. The summed E-state index contributed by atoms with van der Waals surface area (Å²) >= 11 is 0. The summed E-state index contributed by atoms with van der Waals surface area (Å²) in [7, 11) is 0. The third-order valence-electron chi connectivity index (χ3n) is 4.39. The third kappa shape index (κ3) is 4.90. The van der Waals surface area contributed by atoms with Crippen LogP contribution < -0.4 is 0 Å². The van der Waals surface area contributed by atoms with Crippen LogP contribution in [0.4, 0.5) is 4.39 Å². The molecule has 0 aliphatic heterocycles. The van der Waals surface area contributed by atoms with Crippen molar-refractivity contribution in [3.05, 3.63) is 58.4 Å². The van der Waals surface area contributed by atoms with Crippen LogP contribution in [-0.4, -0.2) is 10.2 Å². The Labute approximate surface area is 150 Å². The maximum absolute atomic E-state index is 13.9. The molecule has 0 heterocycles. The lowest BCUT2D eigenvalue weighted by Gasteiger charge is -2.17. The van der Waals surface area contributed by atoms with Crippen molar-refractivity contribution >= 4 is 0 Å². The molecule has 25 heavy (non-hydrogen) atoms. The standard InChI is InChI=1S/C22H29FO2/c1-14(2)7-16-5-6-17(9-18(16)8-15(3)4)21-10-20(13-25)22(23)11-19(21)12-24/h5-6,9-11,14-15,24-25H,7-8,12-13H2,1-4H3. The Kier molecular flexibility index (Phi) is 6.74. The zero-order valence-corrected chi connectivity index (χ0v) is 15.6. The van der Waals surface area contributed by atoms with Gasteiger partial charge in [0, 0.05) is 5.56 Å². The number of aliphatic hydroxyl groups is 2. The molecule has 0 aliphatic carbocycles. The van der Waals surface area contributed by atoms with E-state index in [0.29, 0.717) is 17.4 Å². The first-order valence-electron chi connectivity index (χ1n) is 9.00. The molecule has 0 radical (unpaired) electrons. The van der Waals surface area contributed by atoms with Gasteiger partial charge in [-0.1, -0.05) is 45.9 Å². The second kappa shape index (κ2) is 8.59. The van der Waals surface area contributed by atoms with E-state index in [0.717, 1.165) is 24.0 Å². The summed E-state index contributed by atoms with van der Waals surface area (Å²) in [6, 6.07) is 9.32. The van der Waals surface area contributed by atoms with Crippen LogP contribution in [0.25, 0.3) is 11.1 Å². The van der Waals surface area contributed by atoms with Gasteiger partial charge in [0.1, 0.15) is 5.82 Å². The molecule has 0 saturated carbocycles. The van der Waals surface area contributed by atoms with Gasteiger partial charge in [0.15, 0.2) is 0 Å². The molecule has 2 N–H and O–H groups in total. The molecule has 136 valence electrons. The molecule has 0 saturated heterocycles. The van der Waals surface area contributed by atoms with Crippen LogP contribution in [0.5, 0.6) is 0 Å². The minimum absolute atomic E-state index is 0.231. The molecule has 0 unspecified atom stereocenters. The zero-order valence-electron chi connectivity index (χ0n) is 15.6. The molecule has 2 aromatic carbocycles. The Morgan fingerprint density at radius 2 is 1.36 bits per heavy atom. The summed E-state index contributed by atoms with van der Waals surface area (Å²) in [5.74, 6) is 0.644. The third-order valence-corrected chi connectivity index (χ3v) is 4.39. The second-order valence-corrected chi connectivity index (χ2v) is 7.60. The Hall–Kier alpha value is -1.71. The van der Waals surface area contributed by atoms with Gasteiger partial charge in [-0.15, -0.1) is 0 Å². The summed E-state index contributed by atoms with van der Waals surface area (Å²) < 4.78 is 13.9. The summed E-state index contributed by atoms with van der Waals surface area (Å²) in [4.78, 5) is 0. The van der Waals surface area contributed by atoms with E-state index in [1.54, 1.807) is 6.07 Å². The Morgan fingerprint density at radius 3 is 1.92 bits per heavy atom. The smallest absolute Gasteiger partial charge is 0.129 e. The van der Waals surface area contributed by atoms with Gasteiger partial charge in [-0.3, -0.25) is 0 Å². The maximum atomic E-state index is 13.9. The Bertz CT molecular complexity index is 720. The van der Waals surface area contributed by atoms with Crippen LogP contribution in [0.2, 0.25) is 0 Å². The fraction of sp³-hybridized carbons (Fsp3) is 0.455. The molecule has 3 heteroatoms. The van der Waals surface area contributed by atoms with Crippen LogP contribution in [0.15, 0.2) is 30.3 Å². The van der Waals surface area contributed by atoms with E-state index in [2.05, 4.69) is 39.8 Å². The monoisotopic (exact) mass is 344 g/mol. The average Bonchev–Trinajstić information content (AvgIpc) is 2.55. The van der Waals surface area contributed by atoms with E-state index in [4.69, 9.17) is 0 Å². The minimum atomic E-state index is -0.478. The van der Waals surface area contributed by atoms with Crippen LogP contribution >= 0.6 is 0 Å². The lowest BCUT2D eigenvalue weighted by atomic mass is 9.88. The molecule has 0 fully saturated rings. The van der Waals surface area contributed by atoms with Gasteiger partial charge < -0.3 is 10.2 Å². The van der Waals surface area contributed by atoms with Crippen molar-refractivity contribution in [1.29, 1.82) is 0 Å². The molecule has 0 aromatic heterocycles. The van der Waals surface area contributed by atoms with Gasteiger partial charge in [-0.05, 0) is 64.6 Å². The fourth-order valence-electron chi connectivity index (χ4n) is 3.24. The molecule has 2 rings (SSSR count). The van der Waals surface area contributed by atoms with Gasteiger partial charge in [-0.2, -0.15) is 0 Å². The number of aliphatic hydroxyl groups excluding tert-OH is 2. The first-order chi connectivity index (χ1) is 11.8. The van der Waals surface area contributed by atoms with Crippen molar-refractivity contribution in [2.24, 2.45) is 11.8 Å². The second-order valence-electron chi connectivity index (χ2n) is 7.60. The van der Waals surface area contributed by atoms with Gasteiger partial charge in [-0.25, -0.2) is 4.39 Å². The largest absolute Gasteiger partial charge is 0.392 e. The number of rotatable bonds is 7.